The summed E-state index contributed by atoms with van der Waals surface area (Å²) in [7, 11) is 1.84. The number of likely N-dealkylation sites (tertiary alicyclic amines) is 1. The lowest BCUT2D eigenvalue weighted by Crippen LogP contribution is -2.58. The van der Waals surface area contributed by atoms with Crippen LogP contribution < -0.4 is 10.6 Å². The number of nitrogens with zero attached hydrogens (tertiary/aromatic N) is 2. The van der Waals surface area contributed by atoms with Crippen molar-refractivity contribution in [3.8, 4) is 0 Å². The van der Waals surface area contributed by atoms with E-state index in [1.165, 1.54) is 31.5 Å². The Kier molecular flexibility index (Phi) is 9.31. The van der Waals surface area contributed by atoms with Crippen molar-refractivity contribution in [2.45, 2.75) is 44.2 Å². The van der Waals surface area contributed by atoms with Gasteiger partial charge in [0.15, 0.2) is 5.96 Å². The summed E-state index contributed by atoms with van der Waals surface area (Å²) < 4.78 is 6.77. The first kappa shape index (κ1) is 22.9. The number of nitrogens with one attached hydrogen (secondary N) is 2. The Morgan fingerprint density at radius 1 is 1.26 bits per heavy atom. The van der Waals surface area contributed by atoms with Crippen molar-refractivity contribution in [2.75, 3.05) is 39.9 Å². The molecule has 0 spiro atoms. The van der Waals surface area contributed by atoms with E-state index in [1.54, 1.807) is 0 Å². The molecule has 2 N–H and O–H groups in total. The van der Waals surface area contributed by atoms with E-state index in [0.29, 0.717) is 0 Å². The monoisotopic (exact) mass is 550 g/mol. The Bertz CT molecular complexity index is 616. The fourth-order valence-corrected chi connectivity index (χ4v) is 4.73. The zero-order chi connectivity index (χ0) is 18.4. The number of halogens is 2. The summed E-state index contributed by atoms with van der Waals surface area (Å²) >= 11 is 3.64. The van der Waals surface area contributed by atoms with Crippen LogP contribution in [0.5, 0.6) is 0 Å². The predicted octanol–water partition coefficient (Wildman–Crippen LogP) is 3.94. The lowest BCUT2D eigenvalue weighted by molar-refractivity contribution is -0.0164. The van der Waals surface area contributed by atoms with E-state index in [4.69, 9.17) is 4.74 Å². The fourth-order valence-electron chi connectivity index (χ4n) is 4.10. The van der Waals surface area contributed by atoms with Crippen molar-refractivity contribution in [3.63, 3.8) is 0 Å². The van der Waals surface area contributed by atoms with E-state index in [1.807, 2.05) is 13.1 Å². The third-order valence-electron chi connectivity index (χ3n) is 5.73. The summed E-state index contributed by atoms with van der Waals surface area (Å²) in [5.41, 5.74) is 1.43. The van der Waals surface area contributed by atoms with Gasteiger partial charge in [-0.05, 0) is 57.3 Å². The molecule has 5 nitrogen and oxygen atoms in total. The van der Waals surface area contributed by atoms with Gasteiger partial charge in [0, 0.05) is 36.8 Å². The molecule has 2 aliphatic rings. The van der Waals surface area contributed by atoms with Gasteiger partial charge >= 0.3 is 0 Å². The topological polar surface area (TPSA) is 48.9 Å². The first-order chi connectivity index (χ1) is 12.6. The van der Waals surface area contributed by atoms with Gasteiger partial charge in [0.2, 0.25) is 0 Å². The van der Waals surface area contributed by atoms with Crippen molar-refractivity contribution < 1.29 is 4.74 Å². The van der Waals surface area contributed by atoms with Crippen LogP contribution in [-0.4, -0.2) is 56.3 Å². The highest BCUT2D eigenvalue weighted by Gasteiger charge is 2.39. The molecule has 0 saturated carbocycles. The molecule has 2 heterocycles. The van der Waals surface area contributed by atoms with Crippen molar-refractivity contribution >= 4 is 45.9 Å². The maximum absolute atomic E-state index is 5.65. The molecule has 27 heavy (non-hydrogen) atoms. The molecular formula is C20H32BrIN4O. The molecule has 2 aliphatic heterocycles. The maximum Gasteiger partial charge on any atom is 0.191 e. The molecule has 2 fully saturated rings. The van der Waals surface area contributed by atoms with Crippen LogP contribution in [0.4, 0.5) is 0 Å². The van der Waals surface area contributed by atoms with Crippen molar-refractivity contribution in [2.24, 2.45) is 4.99 Å². The van der Waals surface area contributed by atoms with E-state index in [-0.39, 0.29) is 35.6 Å². The summed E-state index contributed by atoms with van der Waals surface area (Å²) in [6, 6.07) is 8.50. The molecule has 1 aromatic rings. The van der Waals surface area contributed by atoms with Crippen LogP contribution in [0.3, 0.4) is 0 Å². The van der Waals surface area contributed by atoms with Crippen molar-refractivity contribution in [1.29, 1.82) is 0 Å². The summed E-state index contributed by atoms with van der Waals surface area (Å²) in [5.74, 6) is 0.860. The lowest BCUT2D eigenvalue weighted by atomic mass is 9.88. The highest BCUT2D eigenvalue weighted by molar-refractivity contribution is 14.0. The van der Waals surface area contributed by atoms with Crippen molar-refractivity contribution in [1.82, 2.24) is 15.5 Å². The largest absolute Gasteiger partial charge is 0.381 e. The summed E-state index contributed by atoms with van der Waals surface area (Å²) in [5, 5.41) is 7.13. The summed E-state index contributed by atoms with van der Waals surface area (Å²) in [6.07, 6.45) is 4.82. The second kappa shape index (κ2) is 11.0. The van der Waals surface area contributed by atoms with E-state index >= 15 is 0 Å². The minimum Gasteiger partial charge on any atom is -0.381 e. The van der Waals surface area contributed by atoms with Crippen LogP contribution in [0.25, 0.3) is 0 Å². The minimum atomic E-state index is 0. The molecule has 1 atom stereocenters. The first-order valence-electron chi connectivity index (χ1n) is 9.69. The number of ether oxygens (including phenoxy) is 1. The van der Waals surface area contributed by atoms with Gasteiger partial charge in [-0.3, -0.25) is 9.89 Å². The van der Waals surface area contributed by atoms with E-state index in [0.717, 1.165) is 43.0 Å². The van der Waals surface area contributed by atoms with Crippen LogP contribution >= 0.6 is 39.9 Å². The maximum atomic E-state index is 5.65. The zero-order valence-corrected chi connectivity index (χ0v) is 20.3. The summed E-state index contributed by atoms with van der Waals surface area (Å²) in [6.45, 7) is 7.22. The number of benzene rings is 1. The number of hydrogen-bond acceptors (Lipinski definition) is 3. The molecule has 3 rings (SSSR count). The second-order valence-electron chi connectivity index (χ2n) is 7.34. The van der Waals surface area contributed by atoms with Crippen LogP contribution in [0.2, 0.25) is 0 Å². The van der Waals surface area contributed by atoms with Gasteiger partial charge in [-0.15, -0.1) is 24.0 Å². The highest BCUT2D eigenvalue weighted by Crippen LogP contribution is 2.30. The Morgan fingerprint density at radius 3 is 2.56 bits per heavy atom. The zero-order valence-electron chi connectivity index (χ0n) is 16.3. The second-order valence-corrected chi connectivity index (χ2v) is 8.20. The Balaban J connectivity index is 0.00000261. The molecule has 0 radical (unpaired) electrons. The molecule has 0 amide bonds. The first-order valence-corrected chi connectivity index (χ1v) is 10.5. The highest BCUT2D eigenvalue weighted by atomic mass is 127. The van der Waals surface area contributed by atoms with Crippen molar-refractivity contribution in [3.05, 3.63) is 34.3 Å². The average Bonchev–Trinajstić information content (AvgIpc) is 3.21. The van der Waals surface area contributed by atoms with E-state index < -0.39 is 0 Å². The average molecular weight is 551 g/mol. The van der Waals surface area contributed by atoms with Gasteiger partial charge in [0.05, 0.1) is 6.04 Å². The van der Waals surface area contributed by atoms with Crippen LogP contribution in [-0.2, 0) is 4.74 Å². The third-order valence-corrected chi connectivity index (χ3v) is 6.46. The molecule has 1 aromatic carbocycles. The number of hydrogen-bond donors (Lipinski definition) is 2. The Morgan fingerprint density at radius 2 is 1.93 bits per heavy atom. The number of rotatable bonds is 5. The molecule has 0 bridgehead atoms. The molecule has 0 aromatic heterocycles. The Hall–Kier alpha value is -0.380. The Labute approximate surface area is 188 Å². The van der Waals surface area contributed by atoms with E-state index in [9.17, 15) is 0 Å². The SMILES string of the molecule is CN=C(NCC1(N2CCCC2)CCOCC1)NC(C)c1ccccc1Br.I. The van der Waals surface area contributed by atoms with Crippen LogP contribution in [0, 0.1) is 0 Å². The van der Waals surface area contributed by atoms with Gasteiger partial charge in [-0.2, -0.15) is 0 Å². The quantitative estimate of drug-likeness (QED) is 0.331. The van der Waals surface area contributed by atoms with Gasteiger partial charge in [0.1, 0.15) is 0 Å². The number of aliphatic imine (C=N–C) groups is 1. The van der Waals surface area contributed by atoms with E-state index in [2.05, 4.69) is 61.6 Å². The van der Waals surface area contributed by atoms with Gasteiger partial charge in [0.25, 0.3) is 0 Å². The molecule has 1 unspecified atom stereocenters. The normalized spacial score (nSPS) is 21.4. The molecular weight excluding hydrogens is 519 g/mol. The fraction of sp³-hybridized carbons (Fsp3) is 0.650. The molecule has 152 valence electrons. The lowest BCUT2D eigenvalue weighted by Gasteiger charge is -2.45. The third kappa shape index (κ3) is 5.81. The minimum absolute atomic E-state index is 0. The van der Waals surface area contributed by atoms with Crippen LogP contribution in [0.1, 0.15) is 44.2 Å². The smallest absolute Gasteiger partial charge is 0.191 e. The van der Waals surface area contributed by atoms with Crippen LogP contribution in [0.15, 0.2) is 33.7 Å². The number of guanidine groups is 1. The standard InChI is InChI=1S/C20H31BrN4O.HI/c1-16(17-7-3-4-8-18(17)21)24-19(22-2)23-15-20(9-13-26-14-10-20)25-11-5-6-12-25;/h3-4,7-8,16H,5-6,9-15H2,1-2H3,(H2,22,23,24);1H. The van der Waals surface area contributed by atoms with Gasteiger partial charge in [-0.25, -0.2) is 0 Å². The molecule has 7 heteroatoms. The molecule has 0 aliphatic carbocycles. The summed E-state index contributed by atoms with van der Waals surface area (Å²) in [4.78, 5) is 7.13. The van der Waals surface area contributed by atoms with Gasteiger partial charge < -0.3 is 15.4 Å². The molecule has 2 saturated heterocycles. The van der Waals surface area contributed by atoms with Gasteiger partial charge in [-0.1, -0.05) is 34.1 Å². The predicted molar refractivity (Wildman–Crippen MR) is 126 cm³/mol.